The highest BCUT2D eigenvalue weighted by molar-refractivity contribution is 7.98. The number of thiophene rings is 1. The molecular formula is C21H19N5OS2. The number of aromatic amines is 1. The number of nitrogens with zero attached hydrogens (tertiary/aromatic N) is 4. The summed E-state index contributed by atoms with van der Waals surface area (Å²) >= 11 is 3.18. The van der Waals surface area contributed by atoms with Crippen LogP contribution in [0.3, 0.4) is 0 Å². The molecule has 6 rings (SSSR count). The van der Waals surface area contributed by atoms with Crippen LogP contribution in [0.15, 0.2) is 46.3 Å². The summed E-state index contributed by atoms with van der Waals surface area (Å²) in [5, 5.41) is 10.5. The molecule has 3 heterocycles. The third kappa shape index (κ3) is 3.30. The first-order chi connectivity index (χ1) is 14.3. The lowest BCUT2D eigenvalue weighted by Gasteiger charge is -2.07. The Balaban J connectivity index is 1.28. The van der Waals surface area contributed by atoms with Gasteiger partial charge in [0.2, 0.25) is 0 Å². The van der Waals surface area contributed by atoms with Crippen LogP contribution in [-0.4, -0.2) is 24.7 Å². The lowest BCUT2D eigenvalue weighted by Crippen LogP contribution is -2.10. The highest BCUT2D eigenvalue weighted by atomic mass is 32.2. The molecule has 4 aromatic rings. The normalized spacial score (nSPS) is 16.6. The predicted molar refractivity (Wildman–Crippen MR) is 116 cm³/mol. The van der Waals surface area contributed by atoms with E-state index in [1.165, 1.54) is 25.7 Å². The summed E-state index contributed by atoms with van der Waals surface area (Å²) in [5.41, 5.74) is 1.03. The number of nitrogens with one attached hydrogen (secondary N) is 1. The molecule has 0 bridgehead atoms. The van der Waals surface area contributed by atoms with E-state index in [0.717, 1.165) is 26.3 Å². The van der Waals surface area contributed by atoms with Crippen molar-refractivity contribution in [2.24, 2.45) is 0 Å². The average Bonchev–Trinajstić information content (AvgIpc) is 3.67. The van der Waals surface area contributed by atoms with Crippen molar-refractivity contribution in [1.29, 1.82) is 0 Å². The van der Waals surface area contributed by atoms with E-state index in [0.29, 0.717) is 28.9 Å². The molecule has 2 fully saturated rings. The van der Waals surface area contributed by atoms with Crippen molar-refractivity contribution < 1.29 is 0 Å². The Kier molecular flexibility index (Phi) is 4.09. The molecule has 0 atom stereocenters. The van der Waals surface area contributed by atoms with Gasteiger partial charge in [-0.2, -0.15) is 0 Å². The monoisotopic (exact) mass is 421 g/mol. The third-order valence-electron chi connectivity index (χ3n) is 5.39. The molecule has 8 heteroatoms. The lowest BCUT2D eigenvalue weighted by molar-refractivity contribution is 0.626. The third-order valence-corrected chi connectivity index (χ3v) is 7.43. The SMILES string of the molecule is O=c1[nH]c(CSc2nnc(C3CC3)n2C2CC2)nc2sc(-c3ccccc3)cc12. The van der Waals surface area contributed by atoms with E-state index >= 15 is 0 Å². The molecule has 0 saturated heterocycles. The highest BCUT2D eigenvalue weighted by Crippen LogP contribution is 2.46. The summed E-state index contributed by atoms with van der Waals surface area (Å²) in [4.78, 5) is 22.1. The van der Waals surface area contributed by atoms with E-state index in [4.69, 9.17) is 4.98 Å². The van der Waals surface area contributed by atoms with Crippen LogP contribution in [0.4, 0.5) is 0 Å². The molecular weight excluding hydrogens is 402 g/mol. The van der Waals surface area contributed by atoms with E-state index < -0.39 is 0 Å². The van der Waals surface area contributed by atoms with Gasteiger partial charge in [-0.1, -0.05) is 42.1 Å². The topological polar surface area (TPSA) is 76.5 Å². The minimum atomic E-state index is -0.0774. The van der Waals surface area contributed by atoms with E-state index in [9.17, 15) is 4.79 Å². The number of H-pyrrole nitrogens is 1. The Hall–Kier alpha value is -2.45. The van der Waals surface area contributed by atoms with Gasteiger partial charge in [-0.15, -0.1) is 21.5 Å². The number of aromatic nitrogens is 5. The number of hydrogen-bond acceptors (Lipinski definition) is 6. The molecule has 2 aliphatic carbocycles. The maximum atomic E-state index is 12.6. The molecule has 1 aromatic carbocycles. The molecule has 0 unspecified atom stereocenters. The highest BCUT2D eigenvalue weighted by Gasteiger charge is 2.36. The van der Waals surface area contributed by atoms with Crippen LogP contribution in [0.1, 0.15) is 49.3 Å². The average molecular weight is 422 g/mol. The quantitative estimate of drug-likeness (QED) is 0.455. The fraction of sp³-hybridized carbons (Fsp3) is 0.333. The van der Waals surface area contributed by atoms with Crippen molar-refractivity contribution in [3.63, 3.8) is 0 Å². The molecule has 2 saturated carbocycles. The van der Waals surface area contributed by atoms with Crippen LogP contribution in [-0.2, 0) is 5.75 Å². The Morgan fingerprint density at radius 1 is 1.14 bits per heavy atom. The van der Waals surface area contributed by atoms with Crippen molar-refractivity contribution in [3.8, 4) is 10.4 Å². The van der Waals surface area contributed by atoms with Crippen LogP contribution >= 0.6 is 23.1 Å². The first kappa shape index (κ1) is 17.4. The number of hydrogen-bond donors (Lipinski definition) is 1. The predicted octanol–water partition coefficient (Wildman–Crippen LogP) is 4.75. The van der Waals surface area contributed by atoms with E-state index in [-0.39, 0.29) is 5.56 Å². The maximum absolute atomic E-state index is 12.6. The number of benzene rings is 1. The van der Waals surface area contributed by atoms with Crippen LogP contribution in [0.25, 0.3) is 20.7 Å². The second-order valence-corrected chi connectivity index (χ2v) is 9.69. The minimum Gasteiger partial charge on any atom is -0.309 e. The Morgan fingerprint density at radius 3 is 2.72 bits per heavy atom. The van der Waals surface area contributed by atoms with Gasteiger partial charge in [-0.3, -0.25) is 4.79 Å². The Morgan fingerprint density at radius 2 is 1.97 bits per heavy atom. The van der Waals surface area contributed by atoms with Crippen molar-refractivity contribution in [2.45, 2.75) is 48.6 Å². The van der Waals surface area contributed by atoms with Crippen molar-refractivity contribution in [1.82, 2.24) is 24.7 Å². The summed E-state index contributed by atoms with van der Waals surface area (Å²) in [6, 6.07) is 12.6. The molecule has 2 aliphatic rings. The molecule has 29 heavy (non-hydrogen) atoms. The van der Waals surface area contributed by atoms with Crippen LogP contribution < -0.4 is 5.56 Å². The summed E-state index contributed by atoms with van der Waals surface area (Å²) in [7, 11) is 0. The molecule has 0 radical (unpaired) electrons. The lowest BCUT2D eigenvalue weighted by atomic mass is 10.2. The maximum Gasteiger partial charge on any atom is 0.259 e. The zero-order chi connectivity index (χ0) is 19.4. The van der Waals surface area contributed by atoms with Gasteiger partial charge in [-0.05, 0) is 37.3 Å². The first-order valence-electron chi connectivity index (χ1n) is 9.92. The van der Waals surface area contributed by atoms with E-state index in [1.54, 1.807) is 23.1 Å². The zero-order valence-electron chi connectivity index (χ0n) is 15.7. The van der Waals surface area contributed by atoms with E-state index in [1.807, 2.05) is 24.3 Å². The zero-order valence-corrected chi connectivity index (χ0v) is 17.3. The fourth-order valence-corrected chi connectivity index (χ4v) is 5.54. The second kappa shape index (κ2) is 6.81. The summed E-state index contributed by atoms with van der Waals surface area (Å²) < 4.78 is 2.33. The van der Waals surface area contributed by atoms with Gasteiger partial charge in [-0.25, -0.2) is 4.98 Å². The molecule has 0 amide bonds. The standard InChI is InChI=1S/C21H19N5OS2/c27-19-15-10-16(12-4-2-1-3-5-12)29-20(15)23-17(22-19)11-28-21-25-24-18(13-6-7-13)26(21)14-8-9-14/h1-5,10,13-14H,6-9,11H2,(H,22,23,27). The summed E-state index contributed by atoms with van der Waals surface area (Å²) in [6.07, 6.45) is 4.88. The van der Waals surface area contributed by atoms with Crippen LogP contribution in [0.2, 0.25) is 0 Å². The number of fused-ring (bicyclic) bond motifs is 1. The van der Waals surface area contributed by atoms with E-state index in [2.05, 4.69) is 31.9 Å². The molecule has 146 valence electrons. The molecule has 0 spiro atoms. The van der Waals surface area contributed by atoms with Crippen molar-refractivity contribution in [2.75, 3.05) is 0 Å². The first-order valence-corrected chi connectivity index (χ1v) is 11.7. The van der Waals surface area contributed by atoms with Crippen molar-refractivity contribution >= 4 is 33.3 Å². The van der Waals surface area contributed by atoms with Crippen LogP contribution in [0, 0.1) is 0 Å². The summed E-state index contributed by atoms with van der Waals surface area (Å²) in [6.45, 7) is 0. The molecule has 6 nitrogen and oxygen atoms in total. The van der Waals surface area contributed by atoms with Gasteiger partial charge in [0.15, 0.2) is 5.16 Å². The van der Waals surface area contributed by atoms with Gasteiger partial charge in [0.25, 0.3) is 5.56 Å². The minimum absolute atomic E-state index is 0.0774. The van der Waals surface area contributed by atoms with Crippen LogP contribution in [0.5, 0.6) is 0 Å². The van der Waals surface area contributed by atoms with Gasteiger partial charge in [0.1, 0.15) is 16.5 Å². The van der Waals surface area contributed by atoms with Gasteiger partial charge < -0.3 is 9.55 Å². The smallest absolute Gasteiger partial charge is 0.259 e. The van der Waals surface area contributed by atoms with Gasteiger partial charge in [0, 0.05) is 16.8 Å². The molecule has 3 aromatic heterocycles. The van der Waals surface area contributed by atoms with Gasteiger partial charge in [0.05, 0.1) is 11.1 Å². The Labute approximate surface area is 175 Å². The number of thioether (sulfide) groups is 1. The Bertz CT molecular complexity index is 1250. The fourth-order valence-electron chi connectivity index (χ4n) is 3.60. The van der Waals surface area contributed by atoms with Gasteiger partial charge >= 0.3 is 0 Å². The second-order valence-electron chi connectivity index (χ2n) is 7.71. The van der Waals surface area contributed by atoms with Crippen molar-refractivity contribution in [3.05, 3.63) is 58.4 Å². The molecule has 1 N–H and O–H groups in total. The summed E-state index contributed by atoms with van der Waals surface area (Å²) in [5.74, 6) is 3.01. The largest absolute Gasteiger partial charge is 0.309 e. The molecule has 0 aliphatic heterocycles. The number of rotatable bonds is 6.